The minimum absolute atomic E-state index is 0.0681. The van der Waals surface area contributed by atoms with Crippen LogP contribution >= 0.6 is 0 Å². The van der Waals surface area contributed by atoms with Crippen molar-refractivity contribution in [2.45, 2.75) is 46.4 Å². The number of ether oxygens (including phenoxy) is 1. The average Bonchev–Trinajstić information content (AvgIpc) is 2.94. The van der Waals surface area contributed by atoms with Gasteiger partial charge in [-0.25, -0.2) is 9.18 Å². The van der Waals surface area contributed by atoms with E-state index in [2.05, 4.69) is 15.7 Å². The molecule has 130 valence electrons. The Bertz CT molecular complexity index is 707. The fourth-order valence-electron chi connectivity index (χ4n) is 2.02. The van der Waals surface area contributed by atoms with Crippen molar-refractivity contribution >= 4 is 17.5 Å². The van der Waals surface area contributed by atoms with Crippen LogP contribution in [-0.4, -0.2) is 21.5 Å². The molecule has 2 rings (SSSR count). The Morgan fingerprint density at radius 1 is 1.38 bits per heavy atom. The van der Waals surface area contributed by atoms with Crippen LogP contribution in [0.25, 0.3) is 0 Å². The lowest BCUT2D eigenvalue weighted by Crippen LogP contribution is -2.27. The van der Waals surface area contributed by atoms with Crippen LogP contribution in [0.3, 0.4) is 0 Å². The summed E-state index contributed by atoms with van der Waals surface area (Å²) in [5, 5.41) is 9.80. The van der Waals surface area contributed by atoms with E-state index in [0.717, 1.165) is 12.1 Å². The highest BCUT2D eigenvalue weighted by Crippen LogP contribution is 2.21. The van der Waals surface area contributed by atoms with E-state index in [0.29, 0.717) is 12.2 Å². The molecule has 1 amide bonds. The number of amides is 1. The van der Waals surface area contributed by atoms with Crippen LogP contribution in [0.4, 0.5) is 20.6 Å². The first kappa shape index (κ1) is 17.8. The van der Waals surface area contributed by atoms with Gasteiger partial charge >= 0.3 is 6.09 Å². The number of carbonyl (C=O) groups excluding carboxylic acids is 1. The van der Waals surface area contributed by atoms with Gasteiger partial charge in [-0.15, -0.1) is 0 Å². The zero-order valence-corrected chi connectivity index (χ0v) is 14.4. The number of benzene rings is 1. The average molecular weight is 334 g/mol. The molecular formula is C17H23FN4O2. The number of aryl methyl sites for hydroxylation is 1. The molecule has 0 fully saturated rings. The highest BCUT2D eigenvalue weighted by atomic mass is 19.1. The summed E-state index contributed by atoms with van der Waals surface area (Å²) in [6.45, 7) is 8.61. The van der Waals surface area contributed by atoms with Gasteiger partial charge in [-0.2, -0.15) is 5.10 Å². The van der Waals surface area contributed by atoms with E-state index < -0.39 is 17.5 Å². The smallest absolute Gasteiger partial charge is 0.412 e. The molecule has 0 saturated heterocycles. The Kier molecular flexibility index (Phi) is 5.43. The van der Waals surface area contributed by atoms with E-state index in [1.807, 2.05) is 17.8 Å². The van der Waals surface area contributed by atoms with Crippen molar-refractivity contribution < 1.29 is 13.9 Å². The minimum Gasteiger partial charge on any atom is -0.444 e. The van der Waals surface area contributed by atoms with Gasteiger partial charge < -0.3 is 10.1 Å². The van der Waals surface area contributed by atoms with Crippen molar-refractivity contribution in [1.82, 2.24) is 9.78 Å². The highest BCUT2D eigenvalue weighted by Gasteiger charge is 2.17. The monoisotopic (exact) mass is 334 g/mol. The van der Waals surface area contributed by atoms with Crippen molar-refractivity contribution in [3.8, 4) is 0 Å². The Balaban J connectivity index is 2.01. The molecule has 0 spiro atoms. The zero-order chi connectivity index (χ0) is 17.7. The van der Waals surface area contributed by atoms with Crippen LogP contribution in [0.15, 0.2) is 30.6 Å². The fourth-order valence-corrected chi connectivity index (χ4v) is 2.02. The Hall–Kier alpha value is -2.57. The highest BCUT2D eigenvalue weighted by molar-refractivity contribution is 5.85. The molecule has 7 heteroatoms. The molecule has 1 aromatic heterocycles. The first-order chi connectivity index (χ1) is 11.3. The number of rotatable bonds is 5. The molecule has 1 heterocycles. The third kappa shape index (κ3) is 5.26. The number of nitrogens with one attached hydrogen (secondary N) is 2. The Morgan fingerprint density at radius 2 is 2.12 bits per heavy atom. The second-order valence-electron chi connectivity index (χ2n) is 6.38. The van der Waals surface area contributed by atoms with E-state index in [1.165, 1.54) is 12.1 Å². The number of anilines is 2. The van der Waals surface area contributed by atoms with Crippen LogP contribution < -0.4 is 10.6 Å². The van der Waals surface area contributed by atoms with Crippen LogP contribution in [-0.2, 0) is 17.8 Å². The molecule has 2 aromatic rings. The van der Waals surface area contributed by atoms with Crippen molar-refractivity contribution in [2.75, 3.05) is 10.6 Å². The standard InChI is InChI=1S/C17H23FN4O2/c1-5-22-11-12(10-20-22)9-19-13-6-7-14(18)15(8-13)21-16(23)24-17(2,3)4/h6-8,10-11,19H,5,9H2,1-4H3,(H,21,23). The van der Waals surface area contributed by atoms with Crippen LogP contribution in [0.1, 0.15) is 33.3 Å². The molecular weight excluding hydrogens is 311 g/mol. The molecule has 0 aliphatic rings. The lowest BCUT2D eigenvalue weighted by Gasteiger charge is -2.20. The van der Waals surface area contributed by atoms with Gasteiger partial charge in [0.2, 0.25) is 0 Å². The first-order valence-corrected chi connectivity index (χ1v) is 7.81. The predicted octanol–water partition coefficient (Wildman–Crippen LogP) is 4.00. The molecule has 2 N–H and O–H groups in total. The lowest BCUT2D eigenvalue weighted by atomic mass is 10.2. The predicted molar refractivity (Wildman–Crippen MR) is 91.5 cm³/mol. The number of hydrogen-bond donors (Lipinski definition) is 2. The Labute approximate surface area is 141 Å². The van der Waals surface area contributed by atoms with Gasteiger partial charge in [0, 0.05) is 30.5 Å². The summed E-state index contributed by atoms with van der Waals surface area (Å²) in [6, 6.07) is 4.44. The van der Waals surface area contributed by atoms with Crippen LogP contribution in [0.2, 0.25) is 0 Å². The number of hydrogen-bond acceptors (Lipinski definition) is 4. The molecule has 0 aliphatic heterocycles. The summed E-state index contributed by atoms with van der Waals surface area (Å²) < 4.78 is 20.8. The topological polar surface area (TPSA) is 68.2 Å². The van der Waals surface area contributed by atoms with Gasteiger partial charge in [0.05, 0.1) is 11.9 Å². The molecule has 0 radical (unpaired) electrons. The van der Waals surface area contributed by atoms with Gasteiger partial charge in [0.15, 0.2) is 0 Å². The summed E-state index contributed by atoms with van der Waals surface area (Å²) in [5.41, 5.74) is 1.13. The van der Waals surface area contributed by atoms with Gasteiger partial charge in [0.25, 0.3) is 0 Å². The largest absolute Gasteiger partial charge is 0.444 e. The SMILES string of the molecule is CCn1cc(CNc2ccc(F)c(NC(=O)OC(C)(C)C)c2)cn1. The van der Waals surface area contributed by atoms with E-state index in [4.69, 9.17) is 4.74 Å². The molecule has 0 saturated carbocycles. The summed E-state index contributed by atoms with van der Waals surface area (Å²) in [7, 11) is 0. The van der Waals surface area contributed by atoms with E-state index >= 15 is 0 Å². The summed E-state index contributed by atoms with van der Waals surface area (Å²) in [6.07, 6.45) is 3.03. The number of nitrogens with zero attached hydrogens (tertiary/aromatic N) is 2. The van der Waals surface area contributed by atoms with Crippen molar-refractivity contribution in [3.63, 3.8) is 0 Å². The summed E-state index contributed by atoms with van der Waals surface area (Å²) in [4.78, 5) is 11.8. The molecule has 0 atom stereocenters. The van der Waals surface area contributed by atoms with Crippen LogP contribution in [0, 0.1) is 5.82 Å². The van der Waals surface area contributed by atoms with E-state index in [9.17, 15) is 9.18 Å². The van der Waals surface area contributed by atoms with Crippen molar-refractivity contribution in [3.05, 3.63) is 42.0 Å². The first-order valence-electron chi connectivity index (χ1n) is 7.81. The van der Waals surface area contributed by atoms with Gasteiger partial charge in [-0.1, -0.05) is 0 Å². The van der Waals surface area contributed by atoms with Crippen LogP contribution in [0.5, 0.6) is 0 Å². The lowest BCUT2D eigenvalue weighted by molar-refractivity contribution is 0.0635. The second-order valence-corrected chi connectivity index (χ2v) is 6.38. The fraction of sp³-hybridized carbons (Fsp3) is 0.412. The molecule has 0 unspecified atom stereocenters. The Morgan fingerprint density at radius 3 is 2.75 bits per heavy atom. The molecule has 0 aliphatic carbocycles. The van der Waals surface area contributed by atoms with Gasteiger partial charge in [-0.05, 0) is 45.9 Å². The van der Waals surface area contributed by atoms with Gasteiger partial charge in [-0.3, -0.25) is 10.00 Å². The normalized spacial score (nSPS) is 11.2. The number of halogens is 1. The molecule has 0 bridgehead atoms. The summed E-state index contributed by atoms with van der Waals surface area (Å²) >= 11 is 0. The summed E-state index contributed by atoms with van der Waals surface area (Å²) in [5.74, 6) is -0.523. The number of aromatic nitrogens is 2. The zero-order valence-electron chi connectivity index (χ0n) is 14.4. The quantitative estimate of drug-likeness (QED) is 0.867. The van der Waals surface area contributed by atoms with Crippen molar-refractivity contribution in [1.29, 1.82) is 0 Å². The third-order valence-electron chi connectivity index (χ3n) is 3.11. The molecule has 6 nitrogen and oxygen atoms in total. The maximum atomic E-state index is 13.9. The van der Waals surface area contributed by atoms with E-state index in [1.54, 1.807) is 33.0 Å². The van der Waals surface area contributed by atoms with E-state index in [-0.39, 0.29) is 5.69 Å². The van der Waals surface area contributed by atoms with Gasteiger partial charge in [0.1, 0.15) is 11.4 Å². The maximum absolute atomic E-state index is 13.9. The second kappa shape index (κ2) is 7.33. The molecule has 24 heavy (non-hydrogen) atoms. The minimum atomic E-state index is -0.692. The number of carbonyl (C=O) groups is 1. The van der Waals surface area contributed by atoms with Crippen molar-refractivity contribution in [2.24, 2.45) is 0 Å². The maximum Gasteiger partial charge on any atom is 0.412 e. The molecule has 1 aromatic carbocycles. The third-order valence-corrected chi connectivity index (χ3v) is 3.11.